The second-order valence-corrected chi connectivity index (χ2v) is 7.52. The van der Waals surface area contributed by atoms with Crippen LogP contribution in [0.2, 0.25) is 0 Å². The molecular weight excluding hydrogens is 246 g/mol. The molecule has 1 nitrogen and oxygen atoms in total. The van der Waals surface area contributed by atoms with Gasteiger partial charge in [0, 0.05) is 22.7 Å². The quantitative estimate of drug-likeness (QED) is 0.854. The number of thiophene rings is 1. The van der Waals surface area contributed by atoms with E-state index in [1.807, 2.05) is 11.3 Å². The standard InChI is InChI=1S/C14H23NS2/c1-11(2)14(13-7-5-9-17-13)15-10-12-6-3-4-8-16-12/h5,7,9,11-12,14-15H,3-4,6,8,10H2,1-2H3. The monoisotopic (exact) mass is 269 g/mol. The van der Waals surface area contributed by atoms with Crippen LogP contribution in [0.3, 0.4) is 0 Å². The van der Waals surface area contributed by atoms with Crippen molar-refractivity contribution in [3.05, 3.63) is 22.4 Å². The molecule has 1 fully saturated rings. The van der Waals surface area contributed by atoms with Crippen LogP contribution in [0.25, 0.3) is 0 Å². The van der Waals surface area contributed by atoms with Crippen LogP contribution in [-0.4, -0.2) is 17.5 Å². The molecule has 2 atom stereocenters. The summed E-state index contributed by atoms with van der Waals surface area (Å²) in [7, 11) is 0. The molecule has 1 aromatic rings. The van der Waals surface area contributed by atoms with E-state index in [1.165, 1.54) is 36.4 Å². The van der Waals surface area contributed by atoms with Crippen molar-refractivity contribution in [2.24, 2.45) is 5.92 Å². The van der Waals surface area contributed by atoms with Gasteiger partial charge in [-0.1, -0.05) is 26.3 Å². The Morgan fingerprint density at radius 3 is 2.88 bits per heavy atom. The van der Waals surface area contributed by atoms with Crippen molar-refractivity contribution < 1.29 is 0 Å². The molecule has 1 aromatic heterocycles. The third-order valence-electron chi connectivity index (χ3n) is 3.36. The lowest BCUT2D eigenvalue weighted by molar-refractivity contribution is 0.412. The molecule has 17 heavy (non-hydrogen) atoms. The SMILES string of the molecule is CC(C)C(NCC1CCCCS1)c1cccs1. The predicted molar refractivity (Wildman–Crippen MR) is 80.0 cm³/mol. The first kappa shape index (κ1) is 13.4. The van der Waals surface area contributed by atoms with Crippen LogP contribution in [0.4, 0.5) is 0 Å². The summed E-state index contributed by atoms with van der Waals surface area (Å²) in [5.74, 6) is 2.03. The number of rotatable bonds is 5. The Balaban J connectivity index is 1.85. The highest BCUT2D eigenvalue weighted by Crippen LogP contribution is 2.28. The molecule has 0 bridgehead atoms. The maximum Gasteiger partial charge on any atom is 0.0438 e. The van der Waals surface area contributed by atoms with Crippen molar-refractivity contribution in [2.75, 3.05) is 12.3 Å². The Hall–Kier alpha value is 0.01000. The Bertz CT molecular complexity index is 302. The Kier molecular flexibility index (Phi) is 5.39. The summed E-state index contributed by atoms with van der Waals surface area (Å²) >= 11 is 4.03. The molecular formula is C14H23NS2. The zero-order chi connectivity index (χ0) is 12.1. The van der Waals surface area contributed by atoms with Gasteiger partial charge < -0.3 is 5.32 Å². The van der Waals surface area contributed by atoms with E-state index in [-0.39, 0.29) is 0 Å². The molecule has 1 aliphatic heterocycles. The highest BCUT2D eigenvalue weighted by atomic mass is 32.2. The molecule has 3 heteroatoms. The molecule has 1 N–H and O–H groups in total. The Morgan fingerprint density at radius 2 is 2.29 bits per heavy atom. The van der Waals surface area contributed by atoms with Gasteiger partial charge in [-0.25, -0.2) is 0 Å². The first-order chi connectivity index (χ1) is 8.27. The summed E-state index contributed by atoms with van der Waals surface area (Å²) in [6.07, 6.45) is 4.23. The lowest BCUT2D eigenvalue weighted by Gasteiger charge is -2.26. The second kappa shape index (κ2) is 6.81. The molecule has 2 heterocycles. The number of thioether (sulfide) groups is 1. The van der Waals surface area contributed by atoms with Gasteiger partial charge in [0.25, 0.3) is 0 Å². The number of hydrogen-bond donors (Lipinski definition) is 1. The van der Waals surface area contributed by atoms with Crippen LogP contribution in [0.15, 0.2) is 17.5 Å². The summed E-state index contributed by atoms with van der Waals surface area (Å²) < 4.78 is 0. The largest absolute Gasteiger partial charge is 0.308 e. The highest BCUT2D eigenvalue weighted by molar-refractivity contribution is 7.99. The van der Waals surface area contributed by atoms with Gasteiger partial charge in [-0.3, -0.25) is 0 Å². The van der Waals surface area contributed by atoms with E-state index in [9.17, 15) is 0 Å². The van der Waals surface area contributed by atoms with Crippen LogP contribution < -0.4 is 5.32 Å². The molecule has 96 valence electrons. The molecule has 1 saturated heterocycles. The van der Waals surface area contributed by atoms with Gasteiger partial charge in [0.1, 0.15) is 0 Å². The van der Waals surface area contributed by atoms with Crippen molar-refractivity contribution >= 4 is 23.1 Å². The van der Waals surface area contributed by atoms with E-state index in [2.05, 4.69) is 48.4 Å². The lowest BCUT2D eigenvalue weighted by Crippen LogP contribution is -2.32. The molecule has 2 rings (SSSR count). The Morgan fingerprint density at radius 1 is 1.41 bits per heavy atom. The first-order valence-electron chi connectivity index (χ1n) is 6.65. The minimum atomic E-state index is 0.539. The molecule has 0 aliphatic carbocycles. The summed E-state index contributed by atoms with van der Waals surface area (Å²) in [6.45, 7) is 5.79. The maximum atomic E-state index is 3.78. The fourth-order valence-corrected chi connectivity index (χ4v) is 4.58. The van der Waals surface area contributed by atoms with Crippen molar-refractivity contribution in [3.8, 4) is 0 Å². The van der Waals surface area contributed by atoms with Gasteiger partial charge in [0.05, 0.1) is 0 Å². The van der Waals surface area contributed by atoms with E-state index < -0.39 is 0 Å². The van der Waals surface area contributed by atoms with E-state index in [1.54, 1.807) is 0 Å². The van der Waals surface area contributed by atoms with Crippen molar-refractivity contribution in [3.63, 3.8) is 0 Å². The van der Waals surface area contributed by atoms with Gasteiger partial charge in [-0.05, 0) is 36.0 Å². The van der Waals surface area contributed by atoms with Crippen LogP contribution in [-0.2, 0) is 0 Å². The number of hydrogen-bond acceptors (Lipinski definition) is 3. The summed E-state index contributed by atoms with van der Waals surface area (Å²) in [4.78, 5) is 1.49. The third-order valence-corrected chi connectivity index (χ3v) is 5.71. The van der Waals surface area contributed by atoms with Crippen LogP contribution >= 0.6 is 23.1 Å². The summed E-state index contributed by atoms with van der Waals surface area (Å²) in [5, 5.41) is 6.80. The van der Waals surface area contributed by atoms with Gasteiger partial charge >= 0.3 is 0 Å². The van der Waals surface area contributed by atoms with Crippen LogP contribution in [0.5, 0.6) is 0 Å². The van der Waals surface area contributed by atoms with Gasteiger partial charge in [-0.15, -0.1) is 11.3 Å². The third kappa shape index (κ3) is 4.01. The van der Waals surface area contributed by atoms with Gasteiger partial charge in [0.15, 0.2) is 0 Å². The average molecular weight is 269 g/mol. The minimum Gasteiger partial charge on any atom is -0.308 e. The zero-order valence-corrected chi connectivity index (χ0v) is 12.4. The van der Waals surface area contributed by atoms with E-state index in [4.69, 9.17) is 0 Å². The van der Waals surface area contributed by atoms with Crippen molar-refractivity contribution in [1.29, 1.82) is 0 Å². The highest BCUT2D eigenvalue weighted by Gasteiger charge is 2.19. The summed E-state index contributed by atoms with van der Waals surface area (Å²) in [6, 6.07) is 4.96. The Labute approximate surface area is 113 Å². The average Bonchev–Trinajstić information content (AvgIpc) is 2.84. The van der Waals surface area contributed by atoms with E-state index >= 15 is 0 Å². The van der Waals surface area contributed by atoms with Gasteiger partial charge in [0.2, 0.25) is 0 Å². The lowest BCUT2D eigenvalue weighted by atomic mass is 10.0. The maximum absolute atomic E-state index is 3.78. The molecule has 1 aliphatic rings. The molecule has 0 amide bonds. The van der Waals surface area contributed by atoms with Crippen LogP contribution in [0, 0.1) is 5.92 Å². The van der Waals surface area contributed by atoms with Crippen molar-refractivity contribution in [1.82, 2.24) is 5.32 Å². The zero-order valence-electron chi connectivity index (χ0n) is 10.8. The summed E-state index contributed by atoms with van der Waals surface area (Å²) in [5.41, 5.74) is 0. The smallest absolute Gasteiger partial charge is 0.0438 e. The van der Waals surface area contributed by atoms with Gasteiger partial charge in [-0.2, -0.15) is 11.8 Å². The molecule has 0 saturated carbocycles. The molecule has 0 spiro atoms. The second-order valence-electron chi connectivity index (χ2n) is 5.13. The predicted octanol–water partition coefficient (Wildman–Crippen LogP) is 4.32. The number of nitrogens with one attached hydrogen (secondary N) is 1. The van der Waals surface area contributed by atoms with Crippen LogP contribution in [0.1, 0.15) is 44.0 Å². The fourth-order valence-electron chi connectivity index (χ4n) is 2.36. The topological polar surface area (TPSA) is 12.0 Å². The normalized spacial score (nSPS) is 22.9. The molecule has 0 aromatic carbocycles. The van der Waals surface area contributed by atoms with E-state index in [0.717, 1.165) is 5.25 Å². The molecule has 0 radical (unpaired) electrons. The van der Waals surface area contributed by atoms with E-state index in [0.29, 0.717) is 12.0 Å². The first-order valence-corrected chi connectivity index (χ1v) is 8.58. The molecule has 2 unspecified atom stereocenters. The minimum absolute atomic E-state index is 0.539. The van der Waals surface area contributed by atoms with Crippen molar-refractivity contribution in [2.45, 2.75) is 44.4 Å². The fraction of sp³-hybridized carbons (Fsp3) is 0.714.